The molecule has 1 heterocycles. The molecule has 3 N–H and O–H groups in total. The minimum atomic E-state index is -0.529. The van der Waals surface area contributed by atoms with E-state index < -0.39 is 5.41 Å². The van der Waals surface area contributed by atoms with Gasteiger partial charge in [-0.15, -0.1) is 0 Å². The van der Waals surface area contributed by atoms with E-state index in [2.05, 4.69) is 44.9 Å². The van der Waals surface area contributed by atoms with Gasteiger partial charge < -0.3 is 16.0 Å². The Hall–Kier alpha value is -1.79. The second-order valence-corrected chi connectivity index (χ2v) is 8.42. The number of hydrogen-bond acceptors (Lipinski definition) is 3. The highest BCUT2D eigenvalue weighted by Gasteiger charge is 2.27. The van der Waals surface area contributed by atoms with Crippen LogP contribution in [-0.2, 0) is 11.3 Å². The number of carbonyl (C=O) groups excluding carboxylic acids is 1. The van der Waals surface area contributed by atoms with Gasteiger partial charge in [-0.3, -0.25) is 14.7 Å². The van der Waals surface area contributed by atoms with Crippen molar-refractivity contribution >= 4 is 23.5 Å². The summed E-state index contributed by atoms with van der Waals surface area (Å²) in [6.07, 6.45) is 2.13. The molecule has 6 nitrogen and oxygen atoms in total. The van der Waals surface area contributed by atoms with Crippen LogP contribution in [0.2, 0.25) is 5.02 Å². The molecule has 1 aromatic rings. The zero-order valence-corrected chi connectivity index (χ0v) is 18.3. The standard InChI is InChI=1S/C21H34ClN5O/c1-5-24-20(25-15-21(2,3)19(28)23-4)26-18-10-12-27(13-11-18)14-16-6-8-17(22)9-7-16/h6-9,18H,5,10-15H2,1-4H3,(H,23,28)(H2,24,25,26). The average Bonchev–Trinajstić information content (AvgIpc) is 2.69. The molecular weight excluding hydrogens is 374 g/mol. The molecule has 1 aromatic carbocycles. The Bertz CT molecular complexity index is 651. The van der Waals surface area contributed by atoms with Gasteiger partial charge in [0.25, 0.3) is 0 Å². The molecule has 0 atom stereocenters. The molecule has 1 aliphatic rings. The van der Waals surface area contributed by atoms with Crippen LogP contribution in [0.25, 0.3) is 0 Å². The Morgan fingerprint density at radius 1 is 1.25 bits per heavy atom. The van der Waals surface area contributed by atoms with Gasteiger partial charge in [-0.2, -0.15) is 0 Å². The lowest BCUT2D eigenvalue weighted by molar-refractivity contribution is -0.128. The van der Waals surface area contributed by atoms with Crippen LogP contribution in [0.3, 0.4) is 0 Å². The molecule has 28 heavy (non-hydrogen) atoms. The van der Waals surface area contributed by atoms with Gasteiger partial charge in [0.15, 0.2) is 5.96 Å². The van der Waals surface area contributed by atoms with Crippen LogP contribution >= 0.6 is 11.6 Å². The van der Waals surface area contributed by atoms with E-state index in [1.807, 2.05) is 26.0 Å². The van der Waals surface area contributed by atoms with Gasteiger partial charge in [-0.25, -0.2) is 0 Å². The van der Waals surface area contributed by atoms with Crippen molar-refractivity contribution in [2.45, 2.75) is 46.2 Å². The minimum Gasteiger partial charge on any atom is -0.359 e. The normalized spacial score (nSPS) is 16.7. The molecular formula is C21H34ClN5O. The third-order valence-electron chi connectivity index (χ3n) is 5.07. The van der Waals surface area contributed by atoms with Crippen LogP contribution in [0.1, 0.15) is 39.2 Å². The van der Waals surface area contributed by atoms with Gasteiger partial charge in [0.2, 0.25) is 5.91 Å². The fourth-order valence-corrected chi connectivity index (χ4v) is 3.41. The van der Waals surface area contributed by atoms with Crippen LogP contribution in [-0.4, -0.2) is 56.0 Å². The quantitative estimate of drug-likeness (QED) is 0.480. The maximum Gasteiger partial charge on any atom is 0.227 e. The summed E-state index contributed by atoms with van der Waals surface area (Å²) in [5.74, 6) is 0.790. The first kappa shape index (κ1) is 22.5. The second-order valence-electron chi connectivity index (χ2n) is 7.98. The summed E-state index contributed by atoms with van der Waals surface area (Å²) in [6.45, 7) is 10.2. The summed E-state index contributed by atoms with van der Waals surface area (Å²) < 4.78 is 0. The van der Waals surface area contributed by atoms with Crippen LogP contribution in [0, 0.1) is 5.41 Å². The van der Waals surface area contributed by atoms with Crippen molar-refractivity contribution in [1.29, 1.82) is 0 Å². The van der Waals surface area contributed by atoms with Crippen molar-refractivity contribution < 1.29 is 4.79 Å². The highest BCUT2D eigenvalue weighted by atomic mass is 35.5. The third-order valence-corrected chi connectivity index (χ3v) is 5.32. The van der Waals surface area contributed by atoms with E-state index in [1.165, 1.54) is 5.56 Å². The smallest absolute Gasteiger partial charge is 0.227 e. The lowest BCUT2D eigenvalue weighted by atomic mass is 9.93. The molecule has 0 spiro atoms. The second kappa shape index (κ2) is 10.7. The summed E-state index contributed by atoms with van der Waals surface area (Å²) in [5.41, 5.74) is 0.765. The van der Waals surface area contributed by atoms with Crippen molar-refractivity contribution in [1.82, 2.24) is 20.9 Å². The van der Waals surface area contributed by atoms with Gasteiger partial charge >= 0.3 is 0 Å². The Morgan fingerprint density at radius 3 is 2.46 bits per heavy atom. The van der Waals surface area contributed by atoms with E-state index in [0.717, 1.165) is 50.0 Å². The zero-order valence-electron chi connectivity index (χ0n) is 17.5. The number of nitrogens with one attached hydrogen (secondary N) is 3. The monoisotopic (exact) mass is 407 g/mol. The van der Waals surface area contributed by atoms with Crippen molar-refractivity contribution in [3.05, 3.63) is 34.9 Å². The number of benzene rings is 1. The maximum absolute atomic E-state index is 12.0. The number of nitrogens with zero attached hydrogens (tertiary/aromatic N) is 2. The SMILES string of the molecule is CCNC(=NCC(C)(C)C(=O)NC)NC1CCN(Cc2ccc(Cl)cc2)CC1. The Morgan fingerprint density at radius 2 is 1.89 bits per heavy atom. The van der Waals surface area contributed by atoms with Crippen LogP contribution < -0.4 is 16.0 Å². The summed E-state index contributed by atoms with van der Waals surface area (Å²) in [5, 5.41) is 10.3. The third kappa shape index (κ3) is 6.99. The van der Waals surface area contributed by atoms with E-state index in [-0.39, 0.29) is 5.91 Å². The largest absolute Gasteiger partial charge is 0.359 e. The highest BCUT2D eigenvalue weighted by Crippen LogP contribution is 2.17. The number of piperidine rings is 1. The highest BCUT2D eigenvalue weighted by molar-refractivity contribution is 6.30. The predicted molar refractivity (Wildman–Crippen MR) is 117 cm³/mol. The number of halogens is 1. The number of likely N-dealkylation sites (tertiary alicyclic amines) is 1. The van der Waals surface area contributed by atoms with Crippen LogP contribution in [0.15, 0.2) is 29.3 Å². The fourth-order valence-electron chi connectivity index (χ4n) is 3.28. The van der Waals surface area contributed by atoms with E-state index in [1.54, 1.807) is 7.05 Å². The van der Waals surface area contributed by atoms with E-state index in [4.69, 9.17) is 11.6 Å². The van der Waals surface area contributed by atoms with Crippen LogP contribution in [0.5, 0.6) is 0 Å². The van der Waals surface area contributed by atoms with Crippen molar-refractivity contribution in [2.24, 2.45) is 10.4 Å². The van der Waals surface area contributed by atoms with Crippen molar-refractivity contribution in [3.8, 4) is 0 Å². The summed E-state index contributed by atoms with van der Waals surface area (Å²) in [4.78, 5) is 19.1. The van der Waals surface area contributed by atoms with Gasteiger partial charge in [0, 0.05) is 44.3 Å². The number of aliphatic imine (C=N–C) groups is 1. The first-order chi connectivity index (χ1) is 13.3. The Labute approximate surface area is 174 Å². The van der Waals surface area contributed by atoms with Crippen LogP contribution in [0.4, 0.5) is 0 Å². The van der Waals surface area contributed by atoms with Crippen molar-refractivity contribution in [2.75, 3.05) is 33.2 Å². The molecule has 1 saturated heterocycles. The molecule has 0 aromatic heterocycles. The van der Waals surface area contributed by atoms with Crippen molar-refractivity contribution in [3.63, 3.8) is 0 Å². The van der Waals surface area contributed by atoms with Gasteiger partial charge in [0.05, 0.1) is 12.0 Å². The van der Waals surface area contributed by atoms with Gasteiger partial charge in [-0.1, -0.05) is 23.7 Å². The number of hydrogen-bond donors (Lipinski definition) is 3. The molecule has 0 saturated carbocycles. The molecule has 2 rings (SSSR count). The Kier molecular flexibility index (Phi) is 8.58. The number of carbonyl (C=O) groups is 1. The summed E-state index contributed by atoms with van der Waals surface area (Å²) in [6, 6.07) is 8.48. The van der Waals surface area contributed by atoms with E-state index in [9.17, 15) is 4.79 Å². The summed E-state index contributed by atoms with van der Waals surface area (Å²) >= 11 is 5.97. The van der Waals surface area contributed by atoms with E-state index >= 15 is 0 Å². The fraction of sp³-hybridized carbons (Fsp3) is 0.619. The molecule has 1 aliphatic heterocycles. The molecule has 7 heteroatoms. The Balaban J connectivity index is 1.85. The zero-order chi connectivity index (χ0) is 20.6. The molecule has 0 aliphatic carbocycles. The first-order valence-electron chi connectivity index (χ1n) is 10.1. The molecule has 0 radical (unpaired) electrons. The average molecular weight is 408 g/mol. The molecule has 0 bridgehead atoms. The number of guanidine groups is 1. The molecule has 1 amide bonds. The predicted octanol–water partition coefficient (Wildman–Crippen LogP) is 2.63. The number of amides is 1. The first-order valence-corrected chi connectivity index (χ1v) is 10.5. The van der Waals surface area contributed by atoms with Gasteiger partial charge in [0.1, 0.15) is 0 Å². The molecule has 1 fully saturated rings. The summed E-state index contributed by atoms with van der Waals surface area (Å²) in [7, 11) is 1.66. The lowest BCUT2D eigenvalue weighted by Crippen LogP contribution is -2.49. The molecule has 156 valence electrons. The van der Waals surface area contributed by atoms with E-state index in [0.29, 0.717) is 12.6 Å². The minimum absolute atomic E-state index is 0.00241. The molecule has 0 unspecified atom stereocenters. The number of rotatable bonds is 7. The topological polar surface area (TPSA) is 68.8 Å². The maximum atomic E-state index is 12.0. The van der Waals surface area contributed by atoms with Gasteiger partial charge in [-0.05, 0) is 51.3 Å². The lowest BCUT2D eigenvalue weighted by Gasteiger charge is -2.33.